The summed E-state index contributed by atoms with van der Waals surface area (Å²) in [7, 11) is 0. The molecule has 3 aromatic carbocycles. The van der Waals surface area contributed by atoms with E-state index in [9.17, 15) is 14.0 Å². The number of pyridine rings is 1. The van der Waals surface area contributed by atoms with Crippen LogP contribution in [0.1, 0.15) is 12.8 Å². The number of halogens is 1. The fourth-order valence-electron chi connectivity index (χ4n) is 4.30. The Balaban J connectivity index is 1.13. The number of anilines is 2. The van der Waals surface area contributed by atoms with E-state index in [-0.39, 0.29) is 5.91 Å². The number of rotatable bonds is 7. The molecule has 192 valence electrons. The van der Waals surface area contributed by atoms with Gasteiger partial charge in [0.1, 0.15) is 22.7 Å². The summed E-state index contributed by atoms with van der Waals surface area (Å²) in [6, 6.07) is 22.0. The van der Waals surface area contributed by atoms with Gasteiger partial charge in [0.05, 0.1) is 17.9 Å². The molecule has 5 aromatic rings. The van der Waals surface area contributed by atoms with Gasteiger partial charge in [0, 0.05) is 28.5 Å². The summed E-state index contributed by atoms with van der Waals surface area (Å²) in [5, 5.41) is 14.1. The Morgan fingerprint density at radius 1 is 0.769 bits per heavy atom. The second-order valence-electron chi connectivity index (χ2n) is 9.30. The van der Waals surface area contributed by atoms with E-state index in [1.54, 1.807) is 48.9 Å². The lowest BCUT2D eigenvalue weighted by atomic mass is 10.0. The van der Waals surface area contributed by atoms with Crippen LogP contribution in [0.2, 0.25) is 0 Å². The van der Waals surface area contributed by atoms with Crippen molar-refractivity contribution in [2.45, 2.75) is 12.8 Å². The molecule has 0 saturated heterocycles. The number of ether oxygens (including phenoxy) is 1. The number of aromatic nitrogens is 3. The normalized spacial score (nSPS) is 13.5. The van der Waals surface area contributed by atoms with Crippen LogP contribution in [0.25, 0.3) is 22.0 Å². The van der Waals surface area contributed by atoms with Crippen molar-refractivity contribution in [3.8, 4) is 22.6 Å². The molecule has 39 heavy (non-hydrogen) atoms. The van der Waals surface area contributed by atoms with Gasteiger partial charge >= 0.3 is 0 Å². The number of fused-ring (bicyclic) bond motifs is 1. The maximum atomic E-state index is 13.1. The smallest absolute Gasteiger partial charge is 0.240 e. The fraction of sp³-hybridized carbons (Fsp3) is 0.100. The van der Waals surface area contributed by atoms with Gasteiger partial charge in [-0.3, -0.25) is 14.6 Å². The molecule has 2 heterocycles. The monoisotopic (exact) mass is 519 g/mol. The zero-order chi connectivity index (χ0) is 26.8. The number of nitrogens with one attached hydrogen (secondary N) is 2. The molecule has 1 saturated carbocycles. The van der Waals surface area contributed by atoms with E-state index in [4.69, 9.17) is 4.74 Å². The Kier molecular flexibility index (Phi) is 6.16. The number of carbonyl (C=O) groups is 2. The van der Waals surface area contributed by atoms with Crippen molar-refractivity contribution in [3.63, 3.8) is 0 Å². The molecular formula is C30H22FN5O3. The van der Waals surface area contributed by atoms with E-state index in [2.05, 4.69) is 25.8 Å². The highest BCUT2D eigenvalue weighted by Gasteiger charge is 2.56. The van der Waals surface area contributed by atoms with Crippen molar-refractivity contribution in [1.82, 2.24) is 15.2 Å². The highest BCUT2D eigenvalue weighted by atomic mass is 19.1. The molecule has 0 radical (unpaired) electrons. The number of hydrogen-bond acceptors (Lipinski definition) is 6. The number of carbonyl (C=O) groups excluding carboxylic acids is 2. The first kappa shape index (κ1) is 24.2. The lowest BCUT2D eigenvalue weighted by molar-refractivity contribution is -0.131. The summed E-state index contributed by atoms with van der Waals surface area (Å²) in [4.78, 5) is 30.2. The van der Waals surface area contributed by atoms with Crippen LogP contribution in [0.4, 0.5) is 15.8 Å². The maximum absolute atomic E-state index is 13.1. The Morgan fingerprint density at radius 2 is 1.46 bits per heavy atom. The van der Waals surface area contributed by atoms with Crippen molar-refractivity contribution in [2.75, 3.05) is 10.6 Å². The van der Waals surface area contributed by atoms with E-state index < -0.39 is 17.1 Å². The Labute approximate surface area is 222 Å². The topological polar surface area (TPSA) is 106 Å². The first-order valence-electron chi connectivity index (χ1n) is 12.3. The molecule has 1 aliphatic rings. The maximum Gasteiger partial charge on any atom is 0.240 e. The van der Waals surface area contributed by atoms with E-state index in [1.807, 2.05) is 24.3 Å². The van der Waals surface area contributed by atoms with Crippen molar-refractivity contribution in [1.29, 1.82) is 0 Å². The average molecular weight is 520 g/mol. The molecule has 0 unspecified atom stereocenters. The highest BCUT2D eigenvalue weighted by Crippen LogP contribution is 2.47. The van der Waals surface area contributed by atoms with Crippen LogP contribution < -0.4 is 15.4 Å². The zero-order valence-electron chi connectivity index (χ0n) is 20.6. The fourth-order valence-corrected chi connectivity index (χ4v) is 4.30. The van der Waals surface area contributed by atoms with Gasteiger partial charge < -0.3 is 15.4 Å². The lowest BCUT2D eigenvalue weighted by Crippen LogP contribution is -2.35. The van der Waals surface area contributed by atoms with Crippen LogP contribution in [0.3, 0.4) is 0 Å². The molecule has 2 N–H and O–H groups in total. The molecule has 0 bridgehead atoms. The first-order valence-corrected chi connectivity index (χ1v) is 12.3. The van der Waals surface area contributed by atoms with Crippen LogP contribution in [0.15, 0.2) is 97.5 Å². The second kappa shape index (κ2) is 9.94. The summed E-state index contributed by atoms with van der Waals surface area (Å²) in [6.45, 7) is 0. The van der Waals surface area contributed by atoms with E-state index in [0.29, 0.717) is 35.7 Å². The Hall–Kier alpha value is -5.18. The Morgan fingerprint density at radius 3 is 2.10 bits per heavy atom. The third-order valence-electron chi connectivity index (χ3n) is 6.68. The van der Waals surface area contributed by atoms with E-state index in [1.165, 1.54) is 24.3 Å². The van der Waals surface area contributed by atoms with Gasteiger partial charge in [0.2, 0.25) is 11.8 Å². The molecule has 2 aromatic heterocycles. The Bertz CT molecular complexity index is 1670. The predicted octanol–water partition coefficient (Wildman–Crippen LogP) is 5.98. The van der Waals surface area contributed by atoms with Gasteiger partial charge in [-0.15, -0.1) is 0 Å². The van der Waals surface area contributed by atoms with Crippen molar-refractivity contribution in [3.05, 3.63) is 103 Å². The van der Waals surface area contributed by atoms with Crippen molar-refractivity contribution >= 4 is 34.1 Å². The van der Waals surface area contributed by atoms with Gasteiger partial charge in [-0.05, 0) is 91.2 Å². The number of benzene rings is 3. The molecular weight excluding hydrogens is 497 g/mol. The van der Waals surface area contributed by atoms with Gasteiger partial charge in [-0.25, -0.2) is 4.39 Å². The summed E-state index contributed by atoms with van der Waals surface area (Å²) in [6.07, 6.45) is 5.92. The van der Waals surface area contributed by atoms with E-state index in [0.717, 1.165) is 22.0 Å². The summed E-state index contributed by atoms with van der Waals surface area (Å²) in [5.41, 5.74) is 2.55. The number of amides is 2. The van der Waals surface area contributed by atoms with Crippen LogP contribution in [-0.2, 0) is 9.59 Å². The van der Waals surface area contributed by atoms with Gasteiger partial charge in [-0.1, -0.05) is 6.07 Å². The standard InChI is InChI=1S/C30H22FN5O3/c31-21-2-4-22(5-3-21)35-28(37)30(13-14-30)29(38)36-23-6-8-24(9-7-23)39-27-12-15-32-26-17-19(1-10-25(26)27)20-11-16-33-34-18-20/h1-12,15-18H,13-14H2,(H,35,37)(H,36,38). The lowest BCUT2D eigenvalue weighted by Gasteiger charge is -2.16. The minimum atomic E-state index is -1.13. The zero-order valence-corrected chi connectivity index (χ0v) is 20.6. The van der Waals surface area contributed by atoms with Crippen molar-refractivity contribution in [2.24, 2.45) is 5.41 Å². The minimum Gasteiger partial charge on any atom is -0.457 e. The molecule has 1 aliphatic carbocycles. The molecule has 1 fully saturated rings. The van der Waals surface area contributed by atoms with Gasteiger partial charge in [0.25, 0.3) is 0 Å². The second-order valence-corrected chi connectivity index (χ2v) is 9.30. The van der Waals surface area contributed by atoms with Crippen LogP contribution in [0, 0.1) is 11.2 Å². The molecule has 0 spiro atoms. The molecule has 8 nitrogen and oxygen atoms in total. The summed E-state index contributed by atoms with van der Waals surface area (Å²) >= 11 is 0. The number of nitrogens with zero attached hydrogens (tertiary/aromatic N) is 3. The first-order chi connectivity index (χ1) is 19.0. The molecule has 0 aliphatic heterocycles. The van der Waals surface area contributed by atoms with Crippen LogP contribution in [-0.4, -0.2) is 27.0 Å². The minimum absolute atomic E-state index is 0.379. The highest BCUT2D eigenvalue weighted by molar-refractivity contribution is 6.16. The number of hydrogen-bond donors (Lipinski definition) is 2. The van der Waals surface area contributed by atoms with Crippen LogP contribution >= 0.6 is 0 Å². The molecule has 0 atom stereocenters. The third-order valence-corrected chi connectivity index (χ3v) is 6.68. The van der Waals surface area contributed by atoms with Gasteiger partial charge in [0.15, 0.2) is 0 Å². The van der Waals surface area contributed by atoms with Crippen molar-refractivity contribution < 1.29 is 18.7 Å². The third kappa shape index (κ3) is 5.02. The van der Waals surface area contributed by atoms with Crippen LogP contribution in [0.5, 0.6) is 11.5 Å². The van der Waals surface area contributed by atoms with E-state index >= 15 is 0 Å². The quantitative estimate of drug-likeness (QED) is 0.256. The molecule has 9 heteroatoms. The summed E-state index contributed by atoms with van der Waals surface area (Å²) < 4.78 is 19.3. The molecule has 6 rings (SSSR count). The average Bonchev–Trinajstić information content (AvgIpc) is 3.78. The van der Waals surface area contributed by atoms with Gasteiger partial charge in [-0.2, -0.15) is 10.2 Å². The molecule has 2 amide bonds. The largest absolute Gasteiger partial charge is 0.457 e. The SMILES string of the molecule is O=C(Nc1ccc(F)cc1)C1(C(=O)Nc2ccc(Oc3ccnc4cc(-c5ccnnc5)ccc34)cc2)CC1. The predicted molar refractivity (Wildman–Crippen MR) is 145 cm³/mol. The summed E-state index contributed by atoms with van der Waals surface area (Å²) in [5.74, 6) is 0.0450.